The summed E-state index contributed by atoms with van der Waals surface area (Å²) in [5.74, 6) is -1.54. The molecule has 156 valence electrons. The molecular weight excluding hydrogens is 398 g/mol. The Morgan fingerprint density at radius 1 is 1.06 bits per heavy atom. The van der Waals surface area contributed by atoms with Crippen LogP contribution in [0.2, 0.25) is 0 Å². The van der Waals surface area contributed by atoms with Crippen LogP contribution in [0, 0.1) is 18.3 Å². The van der Waals surface area contributed by atoms with Gasteiger partial charge in [0.2, 0.25) is 0 Å². The minimum absolute atomic E-state index is 0.139. The predicted octanol–water partition coefficient (Wildman–Crippen LogP) is 3.90. The number of esters is 1. The third-order valence-corrected chi connectivity index (χ3v) is 4.40. The number of carbonyl (C=O) groups is 3. The molecule has 8 nitrogen and oxygen atoms in total. The van der Waals surface area contributed by atoms with E-state index in [0.717, 1.165) is 5.56 Å². The summed E-state index contributed by atoms with van der Waals surface area (Å²) < 4.78 is 10.3. The smallest absolute Gasteiger partial charge is 0.338 e. The van der Waals surface area contributed by atoms with Gasteiger partial charge >= 0.3 is 5.97 Å². The van der Waals surface area contributed by atoms with Gasteiger partial charge in [-0.1, -0.05) is 6.07 Å². The topological polar surface area (TPSA) is 121 Å². The number of aryl methyl sites for hydroxylation is 1. The number of amides is 2. The van der Waals surface area contributed by atoms with E-state index in [1.807, 2.05) is 6.07 Å². The second-order valence-corrected chi connectivity index (χ2v) is 6.69. The normalized spacial score (nSPS) is 11.1. The van der Waals surface area contributed by atoms with Crippen LogP contribution < -0.4 is 10.6 Å². The molecule has 0 saturated carbocycles. The Labute approximate surface area is 178 Å². The Balaban J connectivity index is 1.64. The molecule has 1 aromatic heterocycles. The van der Waals surface area contributed by atoms with Crippen molar-refractivity contribution in [2.24, 2.45) is 0 Å². The summed E-state index contributed by atoms with van der Waals surface area (Å²) in [4.78, 5) is 37.0. The quantitative estimate of drug-likeness (QED) is 0.587. The van der Waals surface area contributed by atoms with Crippen molar-refractivity contribution in [2.45, 2.75) is 20.0 Å². The Bertz CT molecular complexity index is 1140. The van der Waals surface area contributed by atoms with Crippen LogP contribution in [0.5, 0.6) is 0 Å². The second-order valence-electron chi connectivity index (χ2n) is 6.69. The van der Waals surface area contributed by atoms with Crippen LogP contribution >= 0.6 is 0 Å². The number of nitrogens with one attached hydrogen (secondary N) is 2. The number of carbonyl (C=O) groups excluding carboxylic acids is 3. The molecular formula is C23H19N3O5. The van der Waals surface area contributed by atoms with Crippen molar-refractivity contribution in [1.82, 2.24) is 0 Å². The summed E-state index contributed by atoms with van der Waals surface area (Å²) in [6.07, 6.45) is 0.325. The summed E-state index contributed by atoms with van der Waals surface area (Å²) >= 11 is 0. The first-order valence-corrected chi connectivity index (χ1v) is 9.35. The van der Waals surface area contributed by atoms with Gasteiger partial charge in [-0.15, -0.1) is 0 Å². The van der Waals surface area contributed by atoms with E-state index in [-0.39, 0.29) is 11.3 Å². The fraction of sp³-hybridized carbons (Fsp3) is 0.130. The number of benzene rings is 2. The molecule has 1 atom stereocenters. The fourth-order valence-corrected chi connectivity index (χ4v) is 2.63. The summed E-state index contributed by atoms with van der Waals surface area (Å²) in [6, 6.07) is 16.1. The average molecular weight is 417 g/mol. The first-order valence-electron chi connectivity index (χ1n) is 9.35. The highest BCUT2D eigenvalue weighted by atomic mass is 16.5. The first-order chi connectivity index (χ1) is 14.9. The van der Waals surface area contributed by atoms with Crippen LogP contribution in [0.4, 0.5) is 11.4 Å². The molecule has 8 heteroatoms. The molecule has 2 N–H and O–H groups in total. The van der Waals surface area contributed by atoms with Crippen molar-refractivity contribution < 1.29 is 23.5 Å². The fourth-order valence-electron chi connectivity index (χ4n) is 2.63. The lowest BCUT2D eigenvalue weighted by molar-refractivity contribution is -0.123. The molecule has 0 saturated heterocycles. The van der Waals surface area contributed by atoms with Gasteiger partial charge in [-0.2, -0.15) is 5.26 Å². The van der Waals surface area contributed by atoms with Crippen molar-refractivity contribution in [3.05, 3.63) is 83.3 Å². The number of furan rings is 1. The van der Waals surface area contributed by atoms with E-state index in [2.05, 4.69) is 10.6 Å². The maximum atomic E-state index is 12.5. The van der Waals surface area contributed by atoms with Crippen molar-refractivity contribution in [2.75, 3.05) is 10.6 Å². The van der Waals surface area contributed by atoms with Crippen LogP contribution in [0.1, 0.15) is 39.0 Å². The van der Waals surface area contributed by atoms with Gasteiger partial charge in [-0.05, 0) is 67.9 Å². The van der Waals surface area contributed by atoms with E-state index < -0.39 is 23.9 Å². The summed E-state index contributed by atoms with van der Waals surface area (Å²) in [7, 11) is 0. The van der Waals surface area contributed by atoms with Crippen molar-refractivity contribution in [3.8, 4) is 6.07 Å². The van der Waals surface area contributed by atoms with Gasteiger partial charge in [0.1, 0.15) is 0 Å². The molecule has 3 aromatic rings. The molecule has 0 aliphatic heterocycles. The number of nitriles is 1. The lowest BCUT2D eigenvalue weighted by Crippen LogP contribution is -2.30. The average Bonchev–Trinajstić information content (AvgIpc) is 3.30. The third kappa shape index (κ3) is 5.36. The molecule has 31 heavy (non-hydrogen) atoms. The van der Waals surface area contributed by atoms with Gasteiger partial charge < -0.3 is 19.8 Å². The van der Waals surface area contributed by atoms with Crippen molar-refractivity contribution in [3.63, 3.8) is 0 Å². The lowest BCUT2D eigenvalue weighted by atomic mass is 10.1. The number of ether oxygens (including phenoxy) is 1. The van der Waals surface area contributed by atoms with E-state index in [9.17, 15) is 14.4 Å². The van der Waals surface area contributed by atoms with E-state index >= 15 is 0 Å². The van der Waals surface area contributed by atoms with Gasteiger partial charge in [0.05, 0.1) is 23.5 Å². The SMILES string of the molecule is Cc1ccc(C(=O)O[C@@H](C)C(=O)Nc2ccc(C#N)cc2)cc1NC(=O)c1ccco1. The van der Waals surface area contributed by atoms with E-state index in [0.29, 0.717) is 16.9 Å². The number of hydrogen-bond donors (Lipinski definition) is 2. The van der Waals surface area contributed by atoms with Crippen LogP contribution in [0.3, 0.4) is 0 Å². The van der Waals surface area contributed by atoms with E-state index in [4.69, 9.17) is 14.4 Å². The van der Waals surface area contributed by atoms with Crippen molar-refractivity contribution in [1.29, 1.82) is 5.26 Å². The predicted molar refractivity (Wildman–Crippen MR) is 113 cm³/mol. The highest BCUT2D eigenvalue weighted by Crippen LogP contribution is 2.19. The van der Waals surface area contributed by atoms with Crippen molar-refractivity contribution >= 4 is 29.2 Å². The van der Waals surface area contributed by atoms with E-state index in [1.54, 1.807) is 49.4 Å². The molecule has 0 aliphatic carbocycles. The largest absolute Gasteiger partial charge is 0.459 e. The third-order valence-electron chi connectivity index (χ3n) is 4.40. The summed E-state index contributed by atoms with van der Waals surface area (Å²) in [5, 5.41) is 14.1. The monoisotopic (exact) mass is 417 g/mol. The number of anilines is 2. The molecule has 1 heterocycles. The Morgan fingerprint density at radius 2 is 1.81 bits per heavy atom. The van der Waals surface area contributed by atoms with Gasteiger partial charge in [0.25, 0.3) is 11.8 Å². The number of hydrogen-bond acceptors (Lipinski definition) is 6. The highest BCUT2D eigenvalue weighted by Gasteiger charge is 2.20. The number of rotatable bonds is 6. The van der Waals surface area contributed by atoms with E-state index in [1.165, 1.54) is 25.3 Å². The minimum Gasteiger partial charge on any atom is -0.459 e. The van der Waals surface area contributed by atoms with Crippen LogP contribution in [-0.4, -0.2) is 23.9 Å². The molecule has 0 spiro atoms. The zero-order valence-corrected chi connectivity index (χ0v) is 16.8. The standard InChI is InChI=1S/C23H19N3O5/c1-14-5-8-17(12-19(14)26-22(28)20-4-3-11-30-20)23(29)31-15(2)21(27)25-18-9-6-16(13-24)7-10-18/h3-12,15H,1-2H3,(H,25,27)(H,26,28)/t15-/m0/s1. The van der Waals surface area contributed by atoms with Gasteiger partial charge in [0.15, 0.2) is 11.9 Å². The Hall–Kier alpha value is -4.38. The van der Waals surface area contributed by atoms with Gasteiger partial charge in [0, 0.05) is 11.4 Å². The molecule has 0 radical (unpaired) electrons. The van der Waals surface area contributed by atoms with Gasteiger partial charge in [-0.3, -0.25) is 9.59 Å². The highest BCUT2D eigenvalue weighted by molar-refractivity contribution is 6.03. The summed E-state index contributed by atoms with van der Waals surface area (Å²) in [6.45, 7) is 3.23. The first kappa shape index (κ1) is 21.3. The molecule has 3 rings (SSSR count). The van der Waals surface area contributed by atoms with Crippen LogP contribution in [-0.2, 0) is 9.53 Å². The maximum Gasteiger partial charge on any atom is 0.338 e. The lowest BCUT2D eigenvalue weighted by Gasteiger charge is -2.14. The van der Waals surface area contributed by atoms with Crippen LogP contribution in [0.25, 0.3) is 0 Å². The molecule has 0 fully saturated rings. The second kappa shape index (κ2) is 9.41. The molecule has 0 unspecified atom stereocenters. The minimum atomic E-state index is -1.06. The molecule has 0 aliphatic rings. The molecule has 2 amide bonds. The Morgan fingerprint density at radius 3 is 2.45 bits per heavy atom. The molecule has 0 bridgehead atoms. The molecule has 2 aromatic carbocycles. The zero-order chi connectivity index (χ0) is 22.4. The number of nitrogens with zero attached hydrogens (tertiary/aromatic N) is 1. The summed E-state index contributed by atoms with van der Waals surface area (Å²) in [5.41, 5.74) is 2.28. The maximum absolute atomic E-state index is 12.5. The van der Waals surface area contributed by atoms with Crippen LogP contribution in [0.15, 0.2) is 65.3 Å². The van der Waals surface area contributed by atoms with Gasteiger partial charge in [-0.25, -0.2) is 4.79 Å². The zero-order valence-electron chi connectivity index (χ0n) is 16.8. The Kier molecular flexibility index (Phi) is 6.48.